The minimum atomic E-state index is -5.70. The SMILES string of the molecule is CCN1CCCc2cccc(CN3CCC4(CC3)CN(C(=O)OC(C(F)(F)F)C(F)(F)F)C4)c21. The average Bonchev–Trinajstić information content (AvgIpc) is 2.74. The number of likely N-dealkylation sites (tertiary alicyclic amines) is 2. The van der Waals surface area contributed by atoms with Gasteiger partial charge in [-0.25, -0.2) is 4.79 Å². The molecular weight excluding hydrogens is 464 g/mol. The standard InChI is InChI=1S/C23H29F6N3O2/c1-2-31-10-4-7-16-5-3-6-17(18(16)31)13-30-11-8-21(9-12-30)14-32(15-21)20(33)34-19(22(24,25)26)23(27,28)29/h3,5-6,19H,2,4,7-15H2,1H3. The molecule has 1 spiro atoms. The molecule has 3 aliphatic rings. The Morgan fingerprint density at radius 1 is 1.06 bits per heavy atom. The molecule has 1 aromatic rings. The number of para-hydroxylation sites is 1. The largest absolute Gasteiger partial charge is 0.434 e. The van der Waals surface area contributed by atoms with Gasteiger partial charge in [-0.2, -0.15) is 26.3 Å². The van der Waals surface area contributed by atoms with E-state index in [9.17, 15) is 31.1 Å². The van der Waals surface area contributed by atoms with Crippen LogP contribution in [0.1, 0.15) is 37.3 Å². The molecule has 1 aromatic carbocycles. The van der Waals surface area contributed by atoms with Gasteiger partial charge in [0.1, 0.15) is 0 Å². The molecule has 2 fully saturated rings. The van der Waals surface area contributed by atoms with Crippen molar-refractivity contribution in [1.82, 2.24) is 9.80 Å². The van der Waals surface area contributed by atoms with Crippen LogP contribution in [0, 0.1) is 5.41 Å². The second-order valence-corrected chi connectivity index (χ2v) is 9.59. The summed E-state index contributed by atoms with van der Waals surface area (Å²) in [6, 6.07) is 6.41. The molecule has 34 heavy (non-hydrogen) atoms. The molecule has 5 nitrogen and oxygen atoms in total. The number of halogens is 6. The molecule has 3 heterocycles. The summed E-state index contributed by atoms with van der Waals surface area (Å²) >= 11 is 0. The quantitative estimate of drug-likeness (QED) is 0.554. The summed E-state index contributed by atoms with van der Waals surface area (Å²) in [6.07, 6.45) is -13.4. The van der Waals surface area contributed by atoms with E-state index < -0.39 is 24.5 Å². The molecule has 0 saturated carbocycles. The number of anilines is 1. The number of aryl methyl sites for hydroxylation is 1. The molecule has 0 bridgehead atoms. The van der Waals surface area contributed by atoms with Crippen LogP contribution in [0.2, 0.25) is 0 Å². The van der Waals surface area contributed by atoms with Crippen molar-refractivity contribution in [1.29, 1.82) is 0 Å². The zero-order valence-corrected chi connectivity index (χ0v) is 19.0. The molecule has 0 radical (unpaired) electrons. The van der Waals surface area contributed by atoms with Crippen LogP contribution in [0.15, 0.2) is 18.2 Å². The number of fused-ring (bicyclic) bond motifs is 1. The first-order valence-electron chi connectivity index (χ1n) is 11.6. The number of ether oxygens (including phenoxy) is 1. The van der Waals surface area contributed by atoms with Crippen LogP contribution in [0.25, 0.3) is 0 Å². The Morgan fingerprint density at radius 3 is 2.29 bits per heavy atom. The molecule has 2 saturated heterocycles. The highest BCUT2D eigenvalue weighted by Crippen LogP contribution is 2.43. The van der Waals surface area contributed by atoms with Gasteiger partial charge in [-0.05, 0) is 56.8 Å². The number of nitrogens with zero attached hydrogens (tertiary/aromatic N) is 3. The topological polar surface area (TPSA) is 36.0 Å². The van der Waals surface area contributed by atoms with E-state index in [-0.39, 0.29) is 18.5 Å². The average molecular weight is 493 g/mol. The Bertz CT molecular complexity index is 874. The van der Waals surface area contributed by atoms with E-state index >= 15 is 0 Å². The Labute approximate surface area is 194 Å². The van der Waals surface area contributed by atoms with E-state index in [0.717, 1.165) is 63.3 Å². The maximum absolute atomic E-state index is 12.7. The van der Waals surface area contributed by atoms with Crippen molar-refractivity contribution in [2.45, 2.75) is 57.6 Å². The van der Waals surface area contributed by atoms with Crippen LogP contribution in [-0.4, -0.2) is 73.6 Å². The summed E-state index contributed by atoms with van der Waals surface area (Å²) < 4.78 is 79.8. The van der Waals surface area contributed by atoms with E-state index in [0.29, 0.717) is 0 Å². The van der Waals surface area contributed by atoms with E-state index in [1.165, 1.54) is 16.8 Å². The second-order valence-electron chi connectivity index (χ2n) is 9.59. The molecule has 0 unspecified atom stereocenters. The second kappa shape index (κ2) is 9.13. The molecule has 0 atom stereocenters. The first-order chi connectivity index (χ1) is 15.9. The van der Waals surface area contributed by atoms with Crippen molar-refractivity contribution in [2.24, 2.45) is 5.41 Å². The van der Waals surface area contributed by atoms with Crippen molar-refractivity contribution >= 4 is 11.8 Å². The number of hydrogen-bond acceptors (Lipinski definition) is 4. The first-order valence-corrected chi connectivity index (χ1v) is 11.6. The predicted molar refractivity (Wildman–Crippen MR) is 114 cm³/mol. The van der Waals surface area contributed by atoms with Crippen LogP contribution >= 0.6 is 0 Å². The number of piperidine rings is 1. The van der Waals surface area contributed by atoms with Gasteiger partial charge in [-0.1, -0.05) is 18.2 Å². The molecule has 11 heteroatoms. The Morgan fingerprint density at radius 2 is 1.71 bits per heavy atom. The molecular formula is C23H29F6N3O2. The highest BCUT2D eigenvalue weighted by molar-refractivity contribution is 5.69. The van der Waals surface area contributed by atoms with Gasteiger partial charge in [0.2, 0.25) is 0 Å². The molecule has 0 N–H and O–H groups in total. The van der Waals surface area contributed by atoms with Crippen LogP contribution in [-0.2, 0) is 17.7 Å². The maximum atomic E-state index is 12.7. The molecule has 1 amide bonds. The summed E-state index contributed by atoms with van der Waals surface area (Å²) in [7, 11) is 0. The zero-order chi connectivity index (χ0) is 24.7. The van der Waals surface area contributed by atoms with Gasteiger partial charge in [0, 0.05) is 43.8 Å². The third-order valence-corrected chi connectivity index (χ3v) is 7.21. The molecule has 3 aliphatic heterocycles. The van der Waals surface area contributed by atoms with E-state index in [4.69, 9.17) is 0 Å². The lowest BCUT2D eigenvalue weighted by Crippen LogP contribution is -2.62. The van der Waals surface area contributed by atoms with Crippen LogP contribution < -0.4 is 4.90 Å². The molecule has 0 aliphatic carbocycles. The monoisotopic (exact) mass is 493 g/mol. The summed E-state index contributed by atoms with van der Waals surface area (Å²) in [5.74, 6) is 0. The summed E-state index contributed by atoms with van der Waals surface area (Å²) in [6.45, 7) is 6.68. The highest BCUT2D eigenvalue weighted by Gasteiger charge is 2.61. The smallest absolute Gasteiger partial charge is 0.426 e. The lowest BCUT2D eigenvalue weighted by atomic mass is 9.72. The minimum absolute atomic E-state index is 0.118. The predicted octanol–water partition coefficient (Wildman–Crippen LogP) is 4.99. The van der Waals surface area contributed by atoms with Gasteiger partial charge in [0.05, 0.1) is 0 Å². The Balaban J connectivity index is 1.31. The lowest BCUT2D eigenvalue weighted by molar-refractivity contribution is -0.309. The van der Waals surface area contributed by atoms with E-state index in [1.54, 1.807) is 0 Å². The van der Waals surface area contributed by atoms with E-state index in [2.05, 4.69) is 39.7 Å². The summed E-state index contributed by atoms with van der Waals surface area (Å²) in [5.41, 5.74) is 3.69. The molecule has 0 aromatic heterocycles. The van der Waals surface area contributed by atoms with Crippen LogP contribution in [0.3, 0.4) is 0 Å². The molecule has 4 rings (SSSR count). The van der Waals surface area contributed by atoms with Crippen molar-refractivity contribution < 1.29 is 35.9 Å². The third kappa shape index (κ3) is 5.08. The first kappa shape index (κ1) is 24.9. The maximum Gasteiger partial charge on any atom is 0.434 e. The van der Waals surface area contributed by atoms with Crippen LogP contribution in [0.4, 0.5) is 36.8 Å². The van der Waals surface area contributed by atoms with Gasteiger partial charge >= 0.3 is 18.4 Å². The van der Waals surface area contributed by atoms with Gasteiger partial charge < -0.3 is 14.5 Å². The van der Waals surface area contributed by atoms with Crippen molar-refractivity contribution in [2.75, 3.05) is 44.2 Å². The van der Waals surface area contributed by atoms with E-state index in [1.807, 2.05) is 0 Å². The Hall–Kier alpha value is -2.17. The zero-order valence-electron chi connectivity index (χ0n) is 19.0. The number of rotatable bonds is 4. The third-order valence-electron chi connectivity index (χ3n) is 7.21. The van der Waals surface area contributed by atoms with Gasteiger partial charge in [0.25, 0.3) is 6.10 Å². The summed E-state index contributed by atoms with van der Waals surface area (Å²) in [5, 5.41) is 0. The summed E-state index contributed by atoms with van der Waals surface area (Å²) in [4.78, 5) is 17.6. The normalized spacial score (nSPS) is 20.9. The number of alkyl halides is 6. The number of carbonyl (C=O) groups excluding carboxylic acids is 1. The fourth-order valence-electron chi connectivity index (χ4n) is 5.40. The molecule has 190 valence electrons. The number of benzene rings is 1. The lowest BCUT2D eigenvalue weighted by Gasteiger charge is -2.53. The van der Waals surface area contributed by atoms with Gasteiger partial charge in [-0.3, -0.25) is 4.90 Å². The highest BCUT2D eigenvalue weighted by atomic mass is 19.4. The number of hydrogen-bond donors (Lipinski definition) is 0. The minimum Gasteiger partial charge on any atom is -0.426 e. The van der Waals surface area contributed by atoms with Crippen molar-refractivity contribution in [3.8, 4) is 0 Å². The fraction of sp³-hybridized carbons (Fsp3) is 0.696. The van der Waals surface area contributed by atoms with Crippen LogP contribution in [0.5, 0.6) is 0 Å². The number of carbonyl (C=O) groups is 1. The van der Waals surface area contributed by atoms with Gasteiger partial charge in [-0.15, -0.1) is 0 Å². The van der Waals surface area contributed by atoms with Gasteiger partial charge in [0.15, 0.2) is 0 Å². The number of amides is 1. The van der Waals surface area contributed by atoms with Crippen molar-refractivity contribution in [3.05, 3.63) is 29.3 Å². The Kier molecular flexibility index (Phi) is 6.69. The fourth-order valence-corrected chi connectivity index (χ4v) is 5.40. The van der Waals surface area contributed by atoms with Crippen molar-refractivity contribution in [3.63, 3.8) is 0 Å².